The molecule has 6 heteroatoms. The van der Waals surface area contributed by atoms with Crippen LogP contribution in [0.5, 0.6) is 5.75 Å². The number of benzene rings is 2. The molecule has 1 unspecified atom stereocenters. The number of nitrogens with two attached hydrogens (primary N) is 1. The summed E-state index contributed by atoms with van der Waals surface area (Å²) in [6, 6.07) is 11.6. The second-order valence-electron chi connectivity index (χ2n) is 6.13. The van der Waals surface area contributed by atoms with Crippen LogP contribution < -0.4 is 15.4 Å². The lowest BCUT2D eigenvalue weighted by molar-refractivity contribution is -0.124. The first kappa shape index (κ1) is 19.6. The van der Waals surface area contributed by atoms with Crippen LogP contribution in [0.4, 0.5) is 11.4 Å². The number of ether oxygens (including phenoxy) is 1. The molecular weight excluding hydrogens is 404 g/mol. The normalized spacial score (nSPS) is 14.3. The van der Waals surface area contributed by atoms with Gasteiger partial charge in [-0.25, -0.2) is 0 Å². The van der Waals surface area contributed by atoms with E-state index in [-0.39, 0.29) is 18.3 Å². The number of rotatable bonds is 3. The van der Waals surface area contributed by atoms with E-state index in [1.807, 2.05) is 43.3 Å². The van der Waals surface area contributed by atoms with Gasteiger partial charge in [0, 0.05) is 17.9 Å². The van der Waals surface area contributed by atoms with Crippen molar-refractivity contribution in [1.82, 2.24) is 0 Å². The van der Waals surface area contributed by atoms with Crippen molar-refractivity contribution in [1.29, 1.82) is 0 Å². The van der Waals surface area contributed by atoms with Gasteiger partial charge in [-0.15, -0.1) is 12.4 Å². The van der Waals surface area contributed by atoms with Crippen LogP contribution in [0, 0.1) is 6.92 Å². The summed E-state index contributed by atoms with van der Waals surface area (Å²) in [5.74, 6) is 0.625. The second-order valence-corrected chi connectivity index (χ2v) is 6.99. The molecule has 2 aromatic carbocycles. The first-order valence-corrected chi connectivity index (χ1v) is 8.88. The monoisotopic (exact) mass is 424 g/mol. The van der Waals surface area contributed by atoms with Gasteiger partial charge in [-0.1, -0.05) is 12.1 Å². The summed E-state index contributed by atoms with van der Waals surface area (Å²) in [6.45, 7) is 4.49. The number of anilines is 2. The molecule has 0 fully saturated rings. The Labute approximate surface area is 162 Å². The Hall–Kier alpha value is -1.72. The number of halogens is 2. The highest BCUT2D eigenvalue weighted by molar-refractivity contribution is 9.10. The summed E-state index contributed by atoms with van der Waals surface area (Å²) < 4.78 is 6.74. The molecule has 1 aliphatic heterocycles. The van der Waals surface area contributed by atoms with Gasteiger partial charge in [-0.05, 0) is 78.0 Å². The molecule has 134 valence electrons. The summed E-state index contributed by atoms with van der Waals surface area (Å²) in [4.78, 5) is 14.7. The molecule has 1 aliphatic rings. The summed E-state index contributed by atoms with van der Waals surface area (Å²) in [7, 11) is 0. The topological polar surface area (TPSA) is 55.6 Å². The van der Waals surface area contributed by atoms with Crippen molar-refractivity contribution < 1.29 is 9.53 Å². The highest BCUT2D eigenvalue weighted by Crippen LogP contribution is 2.32. The van der Waals surface area contributed by atoms with Gasteiger partial charge >= 0.3 is 0 Å². The quantitative estimate of drug-likeness (QED) is 0.736. The van der Waals surface area contributed by atoms with E-state index >= 15 is 0 Å². The van der Waals surface area contributed by atoms with Crippen LogP contribution in [0.3, 0.4) is 0 Å². The third kappa shape index (κ3) is 4.10. The van der Waals surface area contributed by atoms with Gasteiger partial charge < -0.3 is 15.4 Å². The number of amides is 1. The summed E-state index contributed by atoms with van der Waals surface area (Å²) >= 11 is 3.49. The third-order valence-corrected chi connectivity index (χ3v) is 4.91. The molecule has 2 aromatic rings. The number of aryl methyl sites for hydroxylation is 1. The molecular formula is C19H22BrClN2O2. The van der Waals surface area contributed by atoms with Crippen LogP contribution in [-0.2, 0) is 11.2 Å². The van der Waals surface area contributed by atoms with Crippen LogP contribution in [0.25, 0.3) is 0 Å². The molecule has 0 saturated carbocycles. The smallest absolute Gasteiger partial charge is 0.267 e. The Morgan fingerprint density at radius 2 is 2.08 bits per heavy atom. The molecule has 4 nitrogen and oxygen atoms in total. The highest BCUT2D eigenvalue weighted by Gasteiger charge is 2.28. The third-order valence-electron chi connectivity index (χ3n) is 4.29. The van der Waals surface area contributed by atoms with Crippen molar-refractivity contribution in [2.45, 2.75) is 32.8 Å². The fourth-order valence-electron chi connectivity index (χ4n) is 3.04. The zero-order chi connectivity index (χ0) is 17.3. The van der Waals surface area contributed by atoms with Crippen molar-refractivity contribution >= 4 is 45.6 Å². The largest absolute Gasteiger partial charge is 0.480 e. The van der Waals surface area contributed by atoms with E-state index in [9.17, 15) is 4.79 Å². The number of hydrogen-bond acceptors (Lipinski definition) is 3. The molecule has 0 radical (unpaired) electrons. The maximum atomic E-state index is 12.9. The van der Waals surface area contributed by atoms with Crippen molar-refractivity contribution in [3.63, 3.8) is 0 Å². The van der Waals surface area contributed by atoms with Gasteiger partial charge in [0.2, 0.25) is 0 Å². The van der Waals surface area contributed by atoms with Crippen molar-refractivity contribution in [2.24, 2.45) is 0 Å². The molecule has 1 heterocycles. The van der Waals surface area contributed by atoms with Gasteiger partial charge in [0.1, 0.15) is 5.75 Å². The Bertz CT molecular complexity index is 782. The van der Waals surface area contributed by atoms with Crippen LogP contribution in [0.15, 0.2) is 40.9 Å². The molecule has 0 bridgehead atoms. The number of carbonyl (C=O) groups excluding carboxylic acids is 1. The Morgan fingerprint density at radius 1 is 1.32 bits per heavy atom. The number of fused-ring (bicyclic) bond motifs is 1. The van der Waals surface area contributed by atoms with Crippen molar-refractivity contribution in [3.8, 4) is 5.75 Å². The zero-order valence-electron chi connectivity index (χ0n) is 14.3. The minimum absolute atomic E-state index is 0. The van der Waals surface area contributed by atoms with Gasteiger partial charge in [-0.2, -0.15) is 0 Å². The Kier molecular flexibility index (Phi) is 6.36. The lowest BCUT2D eigenvalue weighted by Crippen LogP contribution is -2.43. The number of nitrogen functional groups attached to an aromatic ring is 1. The SMILES string of the molecule is Cc1ccc(OC(C)C(=O)N2CCCc3c(N)cccc32)c(Br)c1.Cl. The van der Waals surface area contributed by atoms with Gasteiger partial charge in [0.05, 0.1) is 4.47 Å². The lowest BCUT2D eigenvalue weighted by Gasteiger charge is -2.32. The van der Waals surface area contributed by atoms with E-state index in [1.165, 1.54) is 0 Å². The highest BCUT2D eigenvalue weighted by atomic mass is 79.9. The summed E-state index contributed by atoms with van der Waals surface area (Å²) in [6.07, 6.45) is 1.25. The molecule has 0 saturated heterocycles. The van der Waals surface area contributed by atoms with E-state index in [0.717, 1.165) is 39.8 Å². The standard InChI is InChI=1S/C19H21BrN2O2.ClH/c1-12-8-9-18(15(20)11-12)24-13(2)19(23)22-10-4-5-14-16(21)6-3-7-17(14)22;/h3,6-9,11,13H,4-5,10,21H2,1-2H3;1H. The molecule has 1 amide bonds. The Balaban J connectivity index is 0.00000225. The van der Waals surface area contributed by atoms with Crippen LogP contribution in [0.2, 0.25) is 0 Å². The van der Waals surface area contributed by atoms with Gasteiger partial charge in [0.15, 0.2) is 6.10 Å². The minimum atomic E-state index is -0.573. The van der Waals surface area contributed by atoms with E-state index in [0.29, 0.717) is 12.3 Å². The molecule has 25 heavy (non-hydrogen) atoms. The molecule has 1 atom stereocenters. The molecule has 0 spiro atoms. The summed E-state index contributed by atoms with van der Waals surface area (Å²) in [5, 5.41) is 0. The molecule has 0 aromatic heterocycles. The van der Waals surface area contributed by atoms with E-state index in [1.54, 1.807) is 11.8 Å². The van der Waals surface area contributed by atoms with Crippen LogP contribution in [0.1, 0.15) is 24.5 Å². The first-order chi connectivity index (χ1) is 11.5. The van der Waals surface area contributed by atoms with Crippen molar-refractivity contribution in [2.75, 3.05) is 17.2 Å². The maximum Gasteiger partial charge on any atom is 0.267 e. The summed E-state index contributed by atoms with van der Waals surface area (Å²) in [5.41, 5.74) is 9.91. The van der Waals surface area contributed by atoms with E-state index < -0.39 is 6.10 Å². The molecule has 3 rings (SSSR count). The predicted molar refractivity (Wildman–Crippen MR) is 108 cm³/mol. The van der Waals surface area contributed by atoms with Crippen LogP contribution in [-0.4, -0.2) is 18.6 Å². The zero-order valence-corrected chi connectivity index (χ0v) is 16.7. The average Bonchev–Trinajstić information content (AvgIpc) is 2.56. The molecule has 0 aliphatic carbocycles. The number of carbonyl (C=O) groups is 1. The van der Waals surface area contributed by atoms with Gasteiger partial charge in [-0.3, -0.25) is 4.79 Å². The number of hydrogen-bond donors (Lipinski definition) is 1. The van der Waals surface area contributed by atoms with Gasteiger partial charge in [0.25, 0.3) is 5.91 Å². The fourth-order valence-corrected chi connectivity index (χ4v) is 3.63. The van der Waals surface area contributed by atoms with E-state index in [2.05, 4.69) is 15.9 Å². The average molecular weight is 426 g/mol. The first-order valence-electron chi connectivity index (χ1n) is 8.09. The Morgan fingerprint density at radius 3 is 2.80 bits per heavy atom. The number of nitrogens with zero attached hydrogens (tertiary/aromatic N) is 1. The van der Waals surface area contributed by atoms with Crippen molar-refractivity contribution in [3.05, 3.63) is 52.0 Å². The van der Waals surface area contributed by atoms with E-state index in [4.69, 9.17) is 10.5 Å². The molecule has 2 N–H and O–H groups in total. The lowest BCUT2D eigenvalue weighted by atomic mass is 9.99. The fraction of sp³-hybridized carbons (Fsp3) is 0.316. The maximum absolute atomic E-state index is 12.9. The second kappa shape index (κ2) is 8.11. The predicted octanol–water partition coefficient (Wildman–Crippen LogP) is 4.51. The van der Waals surface area contributed by atoms with Crippen LogP contribution >= 0.6 is 28.3 Å². The minimum Gasteiger partial charge on any atom is -0.480 e.